The maximum atomic E-state index is 6.01. The SMILES string of the molecule is C[Si](C)(C)c1ccc2ccc3cccc4c3c2[n+]1CO4.Cc1ccc2ccc3cccc4c3c2[n+]1CO4. The molecule has 0 saturated carbocycles. The molecule has 0 atom stereocenters. The van der Waals surface area contributed by atoms with Gasteiger partial charge in [-0.1, -0.05) is 56.0 Å². The molecule has 0 radical (unpaired) electrons. The molecule has 6 aromatic rings. The van der Waals surface area contributed by atoms with Gasteiger partial charge in [0.05, 0.1) is 10.8 Å². The lowest BCUT2D eigenvalue weighted by Crippen LogP contribution is -2.62. The number of aromatic nitrogens is 2. The Morgan fingerprint density at radius 2 is 1.05 bits per heavy atom. The summed E-state index contributed by atoms with van der Waals surface area (Å²) >= 11 is 0. The maximum absolute atomic E-state index is 6.01. The number of ether oxygens (including phenoxy) is 2. The third-order valence-electron chi connectivity index (χ3n) is 7.67. The second kappa shape index (κ2) is 8.02. The van der Waals surface area contributed by atoms with Crippen LogP contribution in [-0.4, -0.2) is 8.07 Å². The van der Waals surface area contributed by atoms with Crippen LogP contribution in [0.3, 0.4) is 0 Å². The first-order valence-electron chi connectivity index (χ1n) is 12.9. The fourth-order valence-corrected chi connectivity index (χ4v) is 7.43. The smallest absolute Gasteiger partial charge is 0.292 e. The second-order valence-electron chi connectivity index (χ2n) is 11.1. The van der Waals surface area contributed by atoms with E-state index in [0.29, 0.717) is 13.5 Å². The highest BCUT2D eigenvalue weighted by molar-refractivity contribution is 6.87. The van der Waals surface area contributed by atoms with Gasteiger partial charge in [0.2, 0.25) is 11.0 Å². The van der Waals surface area contributed by atoms with Crippen LogP contribution in [0.15, 0.2) is 84.9 Å². The average Bonchev–Trinajstić information content (AvgIpc) is 2.91. The molecule has 2 aliphatic rings. The fraction of sp³-hybridized carbons (Fsp3) is 0.188. The predicted molar refractivity (Wildman–Crippen MR) is 152 cm³/mol. The summed E-state index contributed by atoms with van der Waals surface area (Å²) in [5.41, 5.74) is 3.87. The van der Waals surface area contributed by atoms with E-state index in [2.05, 4.69) is 115 Å². The topological polar surface area (TPSA) is 26.2 Å². The largest absolute Gasteiger partial charge is 0.435 e. The van der Waals surface area contributed by atoms with E-state index < -0.39 is 8.07 Å². The van der Waals surface area contributed by atoms with Gasteiger partial charge in [0.1, 0.15) is 11.5 Å². The molecule has 5 heteroatoms. The molecular weight excluding hydrogens is 472 g/mol. The highest BCUT2D eigenvalue weighted by Crippen LogP contribution is 2.34. The Morgan fingerprint density at radius 3 is 1.65 bits per heavy atom. The minimum atomic E-state index is -1.39. The van der Waals surface area contributed by atoms with Crippen LogP contribution in [0.25, 0.3) is 43.4 Å². The van der Waals surface area contributed by atoms with Crippen LogP contribution in [0.4, 0.5) is 0 Å². The lowest BCUT2D eigenvalue weighted by molar-refractivity contribution is -0.707. The molecular formula is C32H30N2O2Si+2. The van der Waals surface area contributed by atoms with Crippen molar-refractivity contribution in [2.45, 2.75) is 40.0 Å². The first-order chi connectivity index (χ1) is 17.9. The molecule has 0 N–H and O–H groups in total. The molecule has 8 rings (SSSR count). The summed E-state index contributed by atoms with van der Waals surface area (Å²) in [5, 5.41) is 9.03. The van der Waals surface area contributed by atoms with Gasteiger partial charge in [-0.2, -0.15) is 9.13 Å². The molecule has 2 aromatic heterocycles. The number of hydrogen-bond donors (Lipinski definition) is 0. The van der Waals surface area contributed by atoms with E-state index in [1.165, 1.54) is 54.4 Å². The summed E-state index contributed by atoms with van der Waals surface area (Å²) in [7, 11) is -1.39. The lowest BCUT2D eigenvalue weighted by atomic mass is 10.0. The van der Waals surface area contributed by atoms with Crippen LogP contribution in [-0.2, 0) is 13.5 Å². The molecule has 0 bridgehead atoms. The quantitative estimate of drug-likeness (QED) is 0.154. The first-order valence-corrected chi connectivity index (χ1v) is 16.4. The molecule has 0 unspecified atom stereocenters. The average molecular weight is 503 g/mol. The van der Waals surface area contributed by atoms with E-state index in [9.17, 15) is 0 Å². The van der Waals surface area contributed by atoms with Gasteiger partial charge in [-0.05, 0) is 53.2 Å². The molecule has 0 aliphatic carbocycles. The number of rotatable bonds is 1. The van der Waals surface area contributed by atoms with Crippen LogP contribution in [0, 0.1) is 6.92 Å². The van der Waals surface area contributed by atoms with E-state index in [-0.39, 0.29) is 0 Å². The van der Waals surface area contributed by atoms with Gasteiger partial charge in [-0.3, -0.25) is 0 Å². The monoisotopic (exact) mass is 502 g/mol. The fourth-order valence-electron chi connectivity index (χ4n) is 5.86. The summed E-state index contributed by atoms with van der Waals surface area (Å²) in [4.78, 5) is 0. The number of aryl methyl sites for hydroxylation is 1. The Balaban J connectivity index is 0.000000126. The molecule has 4 aromatic carbocycles. The molecule has 0 amide bonds. The minimum Gasteiger partial charge on any atom is -0.435 e. The number of nitrogens with zero attached hydrogens (tertiary/aromatic N) is 2. The molecule has 37 heavy (non-hydrogen) atoms. The Kier molecular flexibility index (Phi) is 4.82. The van der Waals surface area contributed by atoms with Crippen molar-refractivity contribution in [1.82, 2.24) is 0 Å². The summed E-state index contributed by atoms with van der Waals surface area (Å²) < 4.78 is 16.5. The third kappa shape index (κ3) is 3.41. The molecule has 182 valence electrons. The van der Waals surface area contributed by atoms with Crippen LogP contribution < -0.4 is 23.9 Å². The van der Waals surface area contributed by atoms with E-state index in [0.717, 1.165) is 11.5 Å². The van der Waals surface area contributed by atoms with Crippen LogP contribution in [0.1, 0.15) is 5.69 Å². The zero-order valence-corrected chi connectivity index (χ0v) is 22.7. The van der Waals surface area contributed by atoms with Gasteiger partial charge < -0.3 is 9.47 Å². The third-order valence-corrected chi connectivity index (χ3v) is 9.64. The molecule has 0 saturated heterocycles. The van der Waals surface area contributed by atoms with Crippen molar-refractivity contribution >= 4 is 56.7 Å². The number of benzene rings is 4. The van der Waals surface area contributed by atoms with Crippen molar-refractivity contribution in [2.24, 2.45) is 0 Å². The Labute approximate surface area is 217 Å². The van der Waals surface area contributed by atoms with E-state index in [4.69, 9.17) is 9.47 Å². The maximum Gasteiger partial charge on any atom is 0.292 e. The summed E-state index contributed by atoms with van der Waals surface area (Å²) in [6, 6.07) is 30.2. The van der Waals surface area contributed by atoms with Crippen molar-refractivity contribution in [2.75, 3.05) is 0 Å². The standard InChI is InChI=1S/C17H18NOSi.C15H12NO/c1-20(2,3)15-10-9-13-8-7-12-5-4-6-14-16(12)17(13)18(15)11-19-14;1-10-5-6-12-8-7-11-3-2-4-13-14(11)15(12)16(10)9-17-13/h4-10H,11H2,1-3H3;2-8H,9H2,1H3/q2*+1. The predicted octanol–water partition coefficient (Wildman–Crippen LogP) is 6.11. The Hall–Kier alpha value is -3.96. The summed E-state index contributed by atoms with van der Waals surface area (Å²) in [5.74, 6) is 2.01. The number of hydrogen-bond acceptors (Lipinski definition) is 2. The van der Waals surface area contributed by atoms with Gasteiger partial charge in [-0.25, -0.2) is 0 Å². The molecule has 2 aliphatic heterocycles. The second-order valence-corrected chi connectivity index (χ2v) is 16.1. The first kappa shape index (κ1) is 22.3. The van der Waals surface area contributed by atoms with Crippen molar-refractivity contribution in [3.8, 4) is 11.5 Å². The minimum absolute atomic E-state index is 0.610. The van der Waals surface area contributed by atoms with Crippen LogP contribution >= 0.6 is 0 Å². The van der Waals surface area contributed by atoms with Gasteiger partial charge in [-0.15, -0.1) is 0 Å². The van der Waals surface area contributed by atoms with Gasteiger partial charge in [0.15, 0.2) is 19.1 Å². The Morgan fingerprint density at radius 1 is 0.568 bits per heavy atom. The molecule has 0 fully saturated rings. The highest BCUT2D eigenvalue weighted by Gasteiger charge is 2.32. The summed E-state index contributed by atoms with van der Waals surface area (Å²) in [6.45, 7) is 10.5. The zero-order chi connectivity index (χ0) is 25.3. The van der Waals surface area contributed by atoms with E-state index in [1.54, 1.807) is 0 Å². The van der Waals surface area contributed by atoms with Crippen LogP contribution in [0.5, 0.6) is 11.5 Å². The van der Waals surface area contributed by atoms with Crippen molar-refractivity contribution in [1.29, 1.82) is 0 Å². The van der Waals surface area contributed by atoms with Crippen LogP contribution in [0.2, 0.25) is 19.6 Å². The van der Waals surface area contributed by atoms with Crippen molar-refractivity contribution < 1.29 is 18.6 Å². The normalized spacial score (nSPS) is 13.6. The van der Waals surface area contributed by atoms with E-state index >= 15 is 0 Å². The lowest BCUT2D eigenvalue weighted by Gasteiger charge is -2.21. The van der Waals surface area contributed by atoms with Gasteiger partial charge >= 0.3 is 0 Å². The summed E-state index contributed by atoms with van der Waals surface area (Å²) in [6.07, 6.45) is 0. The zero-order valence-electron chi connectivity index (χ0n) is 21.7. The van der Waals surface area contributed by atoms with E-state index in [1.807, 2.05) is 6.07 Å². The molecule has 0 spiro atoms. The molecule has 4 nitrogen and oxygen atoms in total. The van der Waals surface area contributed by atoms with Crippen molar-refractivity contribution in [3.63, 3.8) is 0 Å². The van der Waals surface area contributed by atoms with Gasteiger partial charge in [0, 0.05) is 23.8 Å². The molecule has 4 heterocycles. The van der Waals surface area contributed by atoms with Gasteiger partial charge in [0.25, 0.3) is 13.5 Å². The Bertz CT molecular complexity index is 1890. The number of pyridine rings is 2. The van der Waals surface area contributed by atoms with Crippen molar-refractivity contribution in [3.05, 3.63) is 90.6 Å². The highest BCUT2D eigenvalue weighted by atomic mass is 28.3.